The number of thiazole rings is 1. The molecule has 27 heavy (non-hydrogen) atoms. The first-order valence-corrected chi connectivity index (χ1v) is 9.71. The molecule has 0 atom stereocenters. The molecule has 1 aromatic heterocycles. The van der Waals surface area contributed by atoms with E-state index < -0.39 is 0 Å². The Bertz CT molecular complexity index is 873. The molecule has 0 aliphatic rings. The van der Waals surface area contributed by atoms with Gasteiger partial charge in [-0.3, -0.25) is 10.1 Å². The van der Waals surface area contributed by atoms with Gasteiger partial charge in [0, 0.05) is 16.5 Å². The maximum atomic E-state index is 12.3. The van der Waals surface area contributed by atoms with Crippen molar-refractivity contribution in [1.82, 2.24) is 4.98 Å². The van der Waals surface area contributed by atoms with Crippen molar-refractivity contribution in [1.29, 1.82) is 0 Å². The standard InChI is InChI=1S/C21H22N2O3S/c1-3-4-13-26-18-11-5-15(6-12-18)19-14-27-21(22-19)23-20(24)16-7-9-17(25-2)10-8-16/h5-12,14H,3-4,13H2,1-2H3,(H,22,23,24). The highest BCUT2D eigenvalue weighted by atomic mass is 32.1. The number of hydrogen-bond donors (Lipinski definition) is 1. The van der Waals surface area contributed by atoms with Crippen LogP contribution in [-0.2, 0) is 0 Å². The minimum absolute atomic E-state index is 0.196. The molecule has 3 rings (SSSR count). The monoisotopic (exact) mass is 382 g/mol. The Morgan fingerprint density at radius 1 is 1.07 bits per heavy atom. The molecular weight excluding hydrogens is 360 g/mol. The second-order valence-corrected chi connectivity index (χ2v) is 6.81. The highest BCUT2D eigenvalue weighted by Gasteiger charge is 2.10. The molecule has 0 bridgehead atoms. The molecule has 2 aromatic carbocycles. The first-order valence-electron chi connectivity index (χ1n) is 8.83. The fraction of sp³-hybridized carbons (Fsp3) is 0.238. The molecule has 3 aromatic rings. The van der Waals surface area contributed by atoms with Crippen LogP contribution in [0.25, 0.3) is 11.3 Å². The SMILES string of the molecule is CCCCOc1ccc(-c2csc(NC(=O)c3ccc(OC)cc3)n2)cc1. The van der Waals surface area contributed by atoms with E-state index in [4.69, 9.17) is 9.47 Å². The summed E-state index contributed by atoms with van der Waals surface area (Å²) in [5, 5.41) is 5.33. The molecule has 0 fully saturated rings. The van der Waals surface area contributed by atoms with Crippen molar-refractivity contribution in [2.24, 2.45) is 0 Å². The summed E-state index contributed by atoms with van der Waals surface area (Å²) in [5.41, 5.74) is 2.37. The topological polar surface area (TPSA) is 60.5 Å². The van der Waals surface area contributed by atoms with Gasteiger partial charge < -0.3 is 9.47 Å². The zero-order valence-electron chi connectivity index (χ0n) is 15.4. The summed E-state index contributed by atoms with van der Waals surface area (Å²) in [4.78, 5) is 16.8. The molecule has 1 amide bonds. The first kappa shape index (κ1) is 18.9. The molecule has 5 nitrogen and oxygen atoms in total. The number of benzene rings is 2. The van der Waals surface area contributed by atoms with Crippen LogP contribution in [0.2, 0.25) is 0 Å². The van der Waals surface area contributed by atoms with Gasteiger partial charge in [0.2, 0.25) is 0 Å². The maximum Gasteiger partial charge on any atom is 0.257 e. The van der Waals surface area contributed by atoms with Gasteiger partial charge in [-0.25, -0.2) is 4.98 Å². The van der Waals surface area contributed by atoms with E-state index in [1.165, 1.54) is 11.3 Å². The number of nitrogens with one attached hydrogen (secondary N) is 1. The van der Waals surface area contributed by atoms with Crippen molar-refractivity contribution in [3.63, 3.8) is 0 Å². The van der Waals surface area contributed by atoms with Crippen molar-refractivity contribution < 1.29 is 14.3 Å². The van der Waals surface area contributed by atoms with Crippen LogP contribution in [-0.4, -0.2) is 24.6 Å². The summed E-state index contributed by atoms with van der Waals surface area (Å²) < 4.78 is 10.8. The van der Waals surface area contributed by atoms with Crippen molar-refractivity contribution in [2.75, 3.05) is 19.0 Å². The molecule has 0 saturated heterocycles. The van der Waals surface area contributed by atoms with Gasteiger partial charge in [-0.1, -0.05) is 13.3 Å². The van der Waals surface area contributed by atoms with Gasteiger partial charge in [0.1, 0.15) is 11.5 Å². The summed E-state index contributed by atoms with van der Waals surface area (Å²) in [6.45, 7) is 2.87. The Balaban J connectivity index is 1.62. The van der Waals surface area contributed by atoms with Gasteiger partial charge in [-0.05, 0) is 55.0 Å². The van der Waals surface area contributed by atoms with E-state index in [1.54, 1.807) is 31.4 Å². The van der Waals surface area contributed by atoms with E-state index in [0.717, 1.165) is 36.5 Å². The van der Waals surface area contributed by atoms with E-state index in [9.17, 15) is 4.79 Å². The summed E-state index contributed by atoms with van der Waals surface area (Å²) in [5.74, 6) is 1.37. The van der Waals surface area contributed by atoms with Crippen LogP contribution in [0, 0.1) is 0 Å². The quantitative estimate of drug-likeness (QED) is 0.541. The molecule has 0 radical (unpaired) electrons. The Kier molecular flexibility index (Phi) is 6.44. The smallest absolute Gasteiger partial charge is 0.257 e. The number of nitrogens with zero attached hydrogens (tertiary/aromatic N) is 1. The third kappa shape index (κ3) is 5.08. The van der Waals surface area contributed by atoms with E-state index in [-0.39, 0.29) is 5.91 Å². The van der Waals surface area contributed by atoms with Crippen LogP contribution >= 0.6 is 11.3 Å². The summed E-state index contributed by atoms with van der Waals surface area (Å²) >= 11 is 1.40. The minimum atomic E-state index is -0.196. The number of carbonyl (C=O) groups excluding carboxylic acids is 1. The number of carbonyl (C=O) groups is 1. The number of amides is 1. The second-order valence-electron chi connectivity index (χ2n) is 5.95. The van der Waals surface area contributed by atoms with Crippen LogP contribution in [0.1, 0.15) is 30.1 Å². The lowest BCUT2D eigenvalue weighted by atomic mass is 10.2. The van der Waals surface area contributed by atoms with Crippen LogP contribution in [0.15, 0.2) is 53.9 Å². The fourth-order valence-electron chi connectivity index (χ4n) is 2.43. The average molecular weight is 382 g/mol. The Morgan fingerprint density at radius 2 is 1.78 bits per heavy atom. The minimum Gasteiger partial charge on any atom is -0.497 e. The number of unbranched alkanes of at least 4 members (excludes halogenated alkanes) is 1. The van der Waals surface area contributed by atoms with Gasteiger partial charge in [-0.15, -0.1) is 11.3 Å². The molecular formula is C21H22N2O3S. The van der Waals surface area contributed by atoms with Gasteiger partial charge in [0.25, 0.3) is 5.91 Å². The lowest BCUT2D eigenvalue weighted by Crippen LogP contribution is -2.11. The van der Waals surface area contributed by atoms with Crippen molar-refractivity contribution in [3.8, 4) is 22.8 Å². The molecule has 0 unspecified atom stereocenters. The Labute approximate surface area is 163 Å². The van der Waals surface area contributed by atoms with E-state index >= 15 is 0 Å². The second kappa shape index (κ2) is 9.19. The third-order valence-corrected chi connectivity index (χ3v) is 4.75. The van der Waals surface area contributed by atoms with Gasteiger partial charge in [0.05, 0.1) is 19.4 Å². The van der Waals surface area contributed by atoms with Gasteiger partial charge in [0.15, 0.2) is 5.13 Å². The van der Waals surface area contributed by atoms with E-state index in [1.807, 2.05) is 29.6 Å². The summed E-state index contributed by atoms with van der Waals surface area (Å²) in [6, 6.07) is 14.8. The number of hydrogen-bond acceptors (Lipinski definition) is 5. The summed E-state index contributed by atoms with van der Waals surface area (Å²) in [6.07, 6.45) is 2.16. The molecule has 0 aliphatic carbocycles. The molecule has 0 aliphatic heterocycles. The third-order valence-electron chi connectivity index (χ3n) is 3.99. The van der Waals surface area contributed by atoms with E-state index in [2.05, 4.69) is 17.2 Å². The van der Waals surface area contributed by atoms with Crippen molar-refractivity contribution >= 4 is 22.4 Å². The average Bonchev–Trinajstić information content (AvgIpc) is 3.17. The lowest BCUT2D eigenvalue weighted by molar-refractivity contribution is 0.102. The predicted octanol–water partition coefficient (Wildman–Crippen LogP) is 5.25. The Morgan fingerprint density at radius 3 is 2.44 bits per heavy atom. The largest absolute Gasteiger partial charge is 0.497 e. The zero-order chi connectivity index (χ0) is 19.1. The van der Waals surface area contributed by atoms with Crippen LogP contribution in [0.5, 0.6) is 11.5 Å². The van der Waals surface area contributed by atoms with Crippen LogP contribution in [0.4, 0.5) is 5.13 Å². The fourth-order valence-corrected chi connectivity index (χ4v) is 3.15. The van der Waals surface area contributed by atoms with Crippen molar-refractivity contribution in [3.05, 3.63) is 59.5 Å². The lowest BCUT2D eigenvalue weighted by Gasteiger charge is -2.05. The summed E-state index contributed by atoms with van der Waals surface area (Å²) in [7, 11) is 1.59. The molecule has 1 N–H and O–H groups in total. The molecule has 0 saturated carbocycles. The van der Waals surface area contributed by atoms with Gasteiger partial charge in [-0.2, -0.15) is 0 Å². The number of aromatic nitrogens is 1. The first-order chi connectivity index (χ1) is 13.2. The maximum absolute atomic E-state index is 12.3. The zero-order valence-corrected chi connectivity index (χ0v) is 16.2. The molecule has 0 spiro atoms. The van der Waals surface area contributed by atoms with E-state index in [0.29, 0.717) is 16.4 Å². The predicted molar refractivity (Wildman–Crippen MR) is 109 cm³/mol. The van der Waals surface area contributed by atoms with Crippen LogP contribution < -0.4 is 14.8 Å². The Hall–Kier alpha value is -2.86. The highest BCUT2D eigenvalue weighted by molar-refractivity contribution is 7.14. The molecule has 140 valence electrons. The molecule has 6 heteroatoms. The number of anilines is 1. The number of methoxy groups -OCH3 is 1. The number of rotatable bonds is 8. The normalized spacial score (nSPS) is 10.4. The highest BCUT2D eigenvalue weighted by Crippen LogP contribution is 2.27. The van der Waals surface area contributed by atoms with Gasteiger partial charge >= 0.3 is 0 Å². The van der Waals surface area contributed by atoms with Crippen molar-refractivity contribution in [2.45, 2.75) is 19.8 Å². The van der Waals surface area contributed by atoms with Crippen LogP contribution in [0.3, 0.4) is 0 Å². The molecule has 1 heterocycles. The number of ether oxygens (including phenoxy) is 2.